The van der Waals surface area contributed by atoms with E-state index in [0.29, 0.717) is 5.76 Å². The number of anilines is 1. The van der Waals surface area contributed by atoms with E-state index in [-0.39, 0.29) is 0 Å². The molecule has 0 spiro atoms. The van der Waals surface area contributed by atoms with E-state index in [1.165, 1.54) is 17.3 Å². The number of aromatic amines is 1. The Hall–Kier alpha value is -3.21. The van der Waals surface area contributed by atoms with Crippen LogP contribution in [0.25, 0.3) is 22.2 Å². The number of methoxy groups -OCH3 is 1. The number of rotatable bonds is 5. The molecule has 5 heteroatoms. The highest BCUT2D eigenvalue weighted by molar-refractivity contribution is 5.83. The lowest BCUT2D eigenvalue weighted by molar-refractivity contribution is 0.415. The van der Waals surface area contributed by atoms with Crippen molar-refractivity contribution in [1.82, 2.24) is 9.97 Å². The lowest BCUT2D eigenvalue weighted by Crippen LogP contribution is -1.99. The Kier molecular flexibility index (Phi) is 3.67. The molecule has 0 radical (unpaired) electrons. The molecule has 4 aromatic rings. The van der Waals surface area contributed by atoms with Crippen molar-refractivity contribution in [2.45, 2.75) is 6.54 Å². The van der Waals surface area contributed by atoms with Gasteiger partial charge in [-0.1, -0.05) is 18.2 Å². The van der Waals surface area contributed by atoms with Crippen LogP contribution in [0.5, 0.6) is 5.75 Å². The predicted octanol–water partition coefficient (Wildman–Crippen LogP) is 4.44. The second kappa shape index (κ2) is 6.12. The molecule has 0 saturated carbocycles. The van der Waals surface area contributed by atoms with E-state index in [4.69, 9.17) is 9.15 Å². The molecule has 2 aromatic carbocycles. The van der Waals surface area contributed by atoms with Crippen molar-refractivity contribution in [3.05, 3.63) is 66.8 Å². The average Bonchev–Trinajstić information content (AvgIpc) is 3.29. The SMILES string of the molecule is COc1cc(NCc2c[nH]c3ccccc23)ccc1-c1cnco1. The zero-order valence-corrected chi connectivity index (χ0v) is 13.2. The maximum atomic E-state index is 5.48. The zero-order chi connectivity index (χ0) is 16.4. The van der Waals surface area contributed by atoms with E-state index >= 15 is 0 Å². The number of fused-ring (bicyclic) bond motifs is 1. The molecule has 0 saturated heterocycles. The Morgan fingerprint density at radius 3 is 2.96 bits per heavy atom. The molecule has 0 aliphatic carbocycles. The Balaban J connectivity index is 1.57. The number of benzene rings is 2. The summed E-state index contributed by atoms with van der Waals surface area (Å²) < 4.78 is 10.8. The van der Waals surface area contributed by atoms with Gasteiger partial charge in [-0.15, -0.1) is 0 Å². The normalized spacial score (nSPS) is 10.9. The Morgan fingerprint density at radius 2 is 2.12 bits per heavy atom. The molecule has 0 amide bonds. The van der Waals surface area contributed by atoms with Crippen LogP contribution in [0.4, 0.5) is 5.69 Å². The molecule has 4 rings (SSSR count). The van der Waals surface area contributed by atoms with Gasteiger partial charge in [0.15, 0.2) is 12.2 Å². The van der Waals surface area contributed by atoms with Gasteiger partial charge in [0.1, 0.15) is 5.75 Å². The second-order valence-corrected chi connectivity index (χ2v) is 5.49. The number of aromatic nitrogens is 2. The van der Waals surface area contributed by atoms with Gasteiger partial charge in [0.2, 0.25) is 0 Å². The predicted molar refractivity (Wildman–Crippen MR) is 94.1 cm³/mol. The molecule has 0 aliphatic rings. The maximum absolute atomic E-state index is 5.48. The third-order valence-corrected chi connectivity index (χ3v) is 4.06. The lowest BCUT2D eigenvalue weighted by Gasteiger charge is -2.10. The van der Waals surface area contributed by atoms with Gasteiger partial charge >= 0.3 is 0 Å². The van der Waals surface area contributed by atoms with Crippen LogP contribution in [0, 0.1) is 0 Å². The summed E-state index contributed by atoms with van der Waals surface area (Å²) >= 11 is 0. The number of nitrogens with one attached hydrogen (secondary N) is 2. The summed E-state index contributed by atoms with van der Waals surface area (Å²) in [4.78, 5) is 7.24. The summed E-state index contributed by atoms with van der Waals surface area (Å²) in [6.45, 7) is 0.731. The molecule has 0 bridgehead atoms. The van der Waals surface area contributed by atoms with Crippen molar-refractivity contribution < 1.29 is 9.15 Å². The summed E-state index contributed by atoms with van der Waals surface area (Å²) in [6, 6.07) is 14.2. The highest BCUT2D eigenvalue weighted by Crippen LogP contribution is 2.32. The number of H-pyrrole nitrogens is 1. The van der Waals surface area contributed by atoms with Gasteiger partial charge in [-0.25, -0.2) is 4.98 Å². The first-order chi connectivity index (χ1) is 11.8. The summed E-state index contributed by atoms with van der Waals surface area (Å²) in [7, 11) is 1.65. The fourth-order valence-corrected chi connectivity index (χ4v) is 2.83. The Bertz CT molecular complexity index is 958. The van der Waals surface area contributed by atoms with Gasteiger partial charge in [-0.05, 0) is 23.8 Å². The lowest BCUT2D eigenvalue weighted by atomic mass is 10.1. The van der Waals surface area contributed by atoms with Crippen LogP contribution >= 0.6 is 0 Å². The smallest absolute Gasteiger partial charge is 0.181 e. The third-order valence-electron chi connectivity index (χ3n) is 4.06. The highest BCUT2D eigenvalue weighted by atomic mass is 16.5. The van der Waals surface area contributed by atoms with Crippen LogP contribution in [0.15, 0.2) is 65.7 Å². The van der Waals surface area contributed by atoms with E-state index in [9.17, 15) is 0 Å². The quantitative estimate of drug-likeness (QED) is 0.571. The monoisotopic (exact) mass is 319 g/mol. The molecule has 0 atom stereocenters. The number of ether oxygens (including phenoxy) is 1. The fourth-order valence-electron chi connectivity index (χ4n) is 2.83. The molecule has 2 heterocycles. The second-order valence-electron chi connectivity index (χ2n) is 5.49. The zero-order valence-electron chi connectivity index (χ0n) is 13.2. The van der Waals surface area contributed by atoms with Crippen molar-refractivity contribution in [1.29, 1.82) is 0 Å². The molecule has 2 aromatic heterocycles. The topological polar surface area (TPSA) is 63.1 Å². The van der Waals surface area contributed by atoms with E-state index in [2.05, 4.69) is 33.5 Å². The number of para-hydroxylation sites is 1. The minimum Gasteiger partial charge on any atom is -0.496 e. The summed E-state index contributed by atoms with van der Waals surface area (Å²) in [6.07, 6.45) is 5.13. The van der Waals surface area contributed by atoms with Crippen molar-refractivity contribution >= 4 is 16.6 Å². The van der Waals surface area contributed by atoms with Crippen molar-refractivity contribution in [2.75, 3.05) is 12.4 Å². The number of hydrogen-bond donors (Lipinski definition) is 2. The summed E-state index contributed by atoms with van der Waals surface area (Å²) in [5.41, 5.74) is 4.24. The molecule has 0 fully saturated rings. The van der Waals surface area contributed by atoms with Gasteiger partial charge in [0.25, 0.3) is 0 Å². The summed E-state index contributed by atoms with van der Waals surface area (Å²) in [5.74, 6) is 1.44. The molecular weight excluding hydrogens is 302 g/mol. The van der Waals surface area contributed by atoms with Gasteiger partial charge in [0.05, 0.1) is 18.9 Å². The molecule has 24 heavy (non-hydrogen) atoms. The van der Waals surface area contributed by atoms with Crippen molar-refractivity contribution in [3.63, 3.8) is 0 Å². The summed E-state index contributed by atoms with van der Waals surface area (Å²) in [5, 5.41) is 4.67. The van der Waals surface area contributed by atoms with Gasteiger partial charge in [-0.3, -0.25) is 0 Å². The minimum atomic E-state index is 0.690. The molecule has 0 aliphatic heterocycles. The maximum Gasteiger partial charge on any atom is 0.181 e. The molecular formula is C19H17N3O2. The third kappa shape index (κ3) is 2.60. The fraction of sp³-hybridized carbons (Fsp3) is 0.105. The molecule has 5 nitrogen and oxygen atoms in total. The van der Waals surface area contributed by atoms with Gasteiger partial charge in [0, 0.05) is 35.4 Å². The Morgan fingerprint density at radius 1 is 1.21 bits per heavy atom. The van der Waals surface area contributed by atoms with Gasteiger partial charge in [-0.2, -0.15) is 0 Å². The van der Waals surface area contributed by atoms with E-state index in [0.717, 1.165) is 29.1 Å². The Labute approximate surface area is 139 Å². The van der Waals surface area contributed by atoms with Gasteiger partial charge < -0.3 is 19.5 Å². The largest absolute Gasteiger partial charge is 0.496 e. The van der Waals surface area contributed by atoms with E-state index in [1.807, 2.05) is 30.5 Å². The first kappa shape index (κ1) is 14.4. The molecule has 0 unspecified atom stereocenters. The number of hydrogen-bond acceptors (Lipinski definition) is 4. The van der Waals surface area contributed by atoms with Crippen LogP contribution in [0.1, 0.15) is 5.56 Å². The minimum absolute atomic E-state index is 0.690. The average molecular weight is 319 g/mol. The molecule has 2 N–H and O–H groups in total. The van der Waals surface area contributed by atoms with Crippen molar-refractivity contribution in [2.24, 2.45) is 0 Å². The van der Waals surface area contributed by atoms with Crippen LogP contribution in [-0.4, -0.2) is 17.1 Å². The van der Waals surface area contributed by atoms with Crippen molar-refractivity contribution in [3.8, 4) is 17.1 Å². The first-order valence-electron chi connectivity index (χ1n) is 7.71. The molecule has 120 valence electrons. The van der Waals surface area contributed by atoms with Crippen LogP contribution < -0.4 is 10.1 Å². The standard InChI is InChI=1S/C19H17N3O2/c1-23-18-8-14(6-7-16(18)19-11-20-12-24-19)21-9-13-10-22-17-5-3-2-4-15(13)17/h2-8,10-12,21-22H,9H2,1H3. The first-order valence-corrected chi connectivity index (χ1v) is 7.71. The van der Waals surface area contributed by atoms with Crippen LogP contribution in [0.2, 0.25) is 0 Å². The number of oxazole rings is 1. The van der Waals surface area contributed by atoms with E-state index < -0.39 is 0 Å². The number of nitrogens with zero attached hydrogens (tertiary/aromatic N) is 1. The van der Waals surface area contributed by atoms with Crippen LogP contribution in [-0.2, 0) is 6.54 Å². The van der Waals surface area contributed by atoms with E-state index in [1.54, 1.807) is 13.3 Å². The van der Waals surface area contributed by atoms with Crippen LogP contribution in [0.3, 0.4) is 0 Å². The highest BCUT2D eigenvalue weighted by Gasteiger charge is 2.10.